The van der Waals surface area contributed by atoms with Crippen molar-refractivity contribution in [1.29, 1.82) is 0 Å². The van der Waals surface area contributed by atoms with E-state index in [1.54, 1.807) is 24.3 Å². The molecule has 0 rings (SSSR count). The van der Waals surface area contributed by atoms with Gasteiger partial charge in [-0.3, -0.25) is 9.59 Å². The van der Waals surface area contributed by atoms with Crippen molar-refractivity contribution < 1.29 is 38.0 Å². The Morgan fingerprint density at radius 2 is 0.865 bits per heavy atom. The first-order valence-corrected chi connectivity index (χ1v) is 12.9. The smallest absolute Gasteiger partial charge is 0.305 e. The van der Waals surface area contributed by atoms with Crippen LogP contribution in [0.2, 0.25) is 0 Å². The minimum absolute atomic E-state index is 0.111. The second-order valence-electron chi connectivity index (χ2n) is 9.10. The van der Waals surface area contributed by atoms with Crippen LogP contribution in [0, 0.1) is 10.8 Å². The van der Waals surface area contributed by atoms with Crippen molar-refractivity contribution in [1.82, 2.24) is 0 Å². The molecule has 0 aliphatic rings. The van der Waals surface area contributed by atoms with Crippen LogP contribution >= 0.6 is 0 Å². The van der Waals surface area contributed by atoms with Gasteiger partial charge in [0.2, 0.25) is 0 Å². The highest BCUT2D eigenvalue weighted by Crippen LogP contribution is 2.26. The first-order valence-electron chi connectivity index (χ1n) is 12.9. The minimum atomic E-state index is -0.467. The molecule has 0 aliphatic carbocycles. The molecule has 0 atom stereocenters. The van der Waals surface area contributed by atoms with Gasteiger partial charge in [0.25, 0.3) is 0 Å². The predicted molar refractivity (Wildman–Crippen MR) is 145 cm³/mol. The lowest BCUT2D eigenvalue weighted by molar-refractivity contribution is -0.153. The van der Waals surface area contributed by atoms with E-state index in [4.69, 9.17) is 28.4 Å². The van der Waals surface area contributed by atoms with Crippen molar-refractivity contribution in [3.8, 4) is 0 Å². The number of hydrogen-bond donors (Lipinski definition) is 0. The van der Waals surface area contributed by atoms with Crippen LogP contribution < -0.4 is 0 Å². The Labute approximate surface area is 223 Å². The van der Waals surface area contributed by atoms with E-state index in [2.05, 4.69) is 26.3 Å². The molecular formula is C29H48O8. The Morgan fingerprint density at radius 3 is 1.11 bits per heavy atom. The topological polar surface area (TPSA) is 89.5 Å². The van der Waals surface area contributed by atoms with E-state index in [1.165, 1.54) is 0 Å². The molecule has 0 saturated heterocycles. The van der Waals surface area contributed by atoms with Crippen LogP contribution in [0.1, 0.15) is 46.0 Å². The van der Waals surface area contributed by atoms with Crippen molar-refractivity contribution in [2.75, 3.05) is 66.1 Å². The molecule has 0 aromatic carbocycles. The van der Waals surface area contributed by atoms with E-state index >= 15 is 0 Å². The second-order valence-corrected chi connectivity index (χ2v) is 9.10. The standard InChI is InChI=1S/C29H48O8/c1-7-16-32-20-28(11-5,21-33-17-8-2)24-36-26(30)14-13-15-27(31)37-25-29(12-6,22-34-18-9-3)23-35-19-10-4/h7-10H,1-4,11-25H2,5-6H3. The van der Waals surface area contributed by atoms with Gasteiger partial charge in [-0.2, -0.15) is 0 Å². The maximum absolute atomic E-state index is 12.4. The largest absolute Gasteiger partial charge is 0.465 e. The summed E-state index contributed by atoms with van der Waals surface area (Å²) in [6, 6.07) is 0. The summed E-state index contributed by atoms with van der Waals surface area (Å²) in [5.41, 5.74) is -0.934. The molecule has 0 aromatic heterocycles. The molecule has 0 saturated carbocycles. The zero-order valence-electron chi connectivity index (χ0n) is 23.0. The molecule has 0 fully saturated rings. The molecular weight excluding hydrogens is 476 g/mol. The molecule has 0 heterocycles. The van der Waals surface area contributed by atoms with E-state index in [-0.39, 0.29) is 38.0 Å². The molecule has 0 aromatic rings. The molecule has 0 N–H and O–H groups in total. The quantitative estimate of drug-likeness (QED) is 0.0902. The van der Waals surface area contributed by atoms with E-state index in [0.29, 0.717) is 72.1 Å². The highest BCUT2D eigenvalue weighted by Gasteiger charge is 2.32. The monoisotopic (exact) mass is 524 g/mol. The van der Waals surface area contributed by atoms with Gasteiger partial charge in [-0.05, 0) is 19.3 Å². The Kier molecular flexibility index (Phi) is 20.5. The zero-order chi connectivity index (χ0) is 27.8. The Morgan fingerprint density at radius 1 is 0.568 bits per heavy atom. The third-order valence-electron chi connectivity index (χ3n) is 5.92. The fourth-order valence-electron chi connectivity index (χ4n) is 3.29. The van der Waals surface area contributed by atoms with Crippen LogP contribution in [0.5, 0.6) is 0 Å². The lowest BCUT2D eigenvalue weighted by Crippen LogP contribution is -2.38. The maximum Gasteiger partial charge on any atom is 0.305 e. The first-order chi connectivity index (χ1) is 17.9. The molecule has 0 bridgehead atoms. The van der Waals surface area contributed by atoms with Gasteiger partial charge in [0.05, 0.1) is 63.7 Å². The Balaban J connectivity index is 4.67. The number of carbonyl (C=O) groups is 2. The lowest BCUT2D eigenvalue weighted by atomic mass is 9.88. The molecule has 0 spiro atoms. The van der Waals surface area contributed by atoms with Gasteiger partial charge in [0.1, 0.15) is 13.2 Å². The van der Waals surface area contributed by atoms with Gasteiger partial charge in [-0.1, -0.05) is 38.2 Å². The van der Waals surface area contributed by atoms with Gasteiger partial charge >= 0.3 is 11.9 Å². The normalized spacial score (nSPS) is 11.5. The summed E-state index contributed by atoms with van der Waals surface area (Å²) >= 11 is 0. The maximum atomic E-state index is 12.4. The average Bonchev–Trinajstić information content (AvgIpc) is 2.90. The van der Waals surface area contributed by atoms with Crippen LogP contribution in [-0.4, -0.2) is 78.0 Å². The van der Waals surface area contributed by atoms with Crippen molar-refractivity contribution in [3.63, 3.8) is 0 Å². The van der Waals surface area contributed by atoms with E-state index in [9.17, 15) is 9.59 Å². The van der Waals surface area contributed by atoms with Gasteiger partial charge in [-0.25, -0.2) is 0 Å². The third kappa shape index (κ3) is 16.2. The summed E-state index contributed by atoms with van der Waals surface area (Å²) in [5.74, 6) is -0.756. The van der Waals surface area contributed by atoms with Crippen molar-refractivity contribution in [2.45, 2.75) is 46.0 Å². The molecule has 8 heteroatoms. The van der Waals surface area contributed by atoms with Crippen molar-refractivity contribution in [2.24, 2.45) is 10.8 Å². The minimum Gasteiger partial charge on any atom is -0.465 e. The third-order valence-corrected chi connectivity index (χ3v) is 5.92. The van der Waals surface area contributed by atoms with Crippen LogP contribution in [0.15, 0.2) is 50.6 Å². The lowest BCUT2D eigenvalue weighted by Gasteiger charge is -2.31. The zero-order valence-corrected chi connectivity index (χ0v) is 23.0. The molecule has 0 unspecified atom stereocenters. The van der Waals surface area contributed by atoms with Gasteiger partial charge in [0.15, 0.2) is 0 Å². The summed E-state index contributed by atoms with van der Waals surface area (Å²) in [6.07, 6.45) is 8.63. The number of ether oxygens (including phenoxy) is 6. The van der Waals surface area contributed by atoms with E-state index in [0.717, 1.165) is 0 Å². The highest BCUT2D eigenvalue weighted by atomic mass is 16.5. The van der Waals surface area contributed by atoms with Crippen LogP contribution in [-0.2, 0) is 38.0 Å². The van der Waals surface area contributed by atoms with Gasteiger partial charge < -0.3 is 28.4 Å². The fraction of sp³-hybridized carbons (Fsp3) is 0.655. The summed E-state index contributed by atoms with van der Waals surface area (Å²) < 4.78 is 33.6. The van der Waals surface area contributed by atoms with Gasteiger partial charge in [-0.15, -0.1) is 26.3 Å². The SMILES string of the molecule is C=CCOCC(CC)(COCC=C)COC(=O)CCCC(=O)OCC(CC)(COCC=C)COCC=C. The van der Waals surface area contributed by atoms with Crippen LogP contribution in [0.3, 0.4) is 0 Å². The number of rotatable bonds is 26. The average molecular weight is 525 g/mol. The van der Waals surface area contributed by atoms with Crippen molar-refractivity contribution in [3.05, 3.63) is 50.6 Å². The molecule has 8 nitrogen and oxygen atoms in total. The van der Waals surface area contributed by atoms with Crippen LogP contribution in [0.25, 0.3) is 0 Å². The molecule has 0 aliphatic heterocycles. The summed E-state index contributed by atoms with van der Waals surface area (Å²) in [4.78, 5) is 24.7. The molecule has 212 valence electrons. The first kappa shape index (κ1) is 34.7. The van der Waals surface area contributed by atoms with E-state index in [1.807, 2.05) is 13.8 Å². The molecule has 0 radical (unpaired) electrons. The number of carbonyl (C=O) groups excluding carboxylic acids is 2. The number of esters is 2. The summed E-state index contributed by atoms with van der Waals surface area (Å²) in [5, 5.41) is 0. The Hall–Kier alpha value is -2.26. The van der Waals surface area contributed by atoms with E-state index < -0.39 is 10.8 Å². The summed E-state index contributed by atoms with van der Waals surface area (Å²) in [6.45, 7) is 22.0. The predicted octanol–water partition coefficient (Wildman–Crippen LogP) is 4.85. The molecule has 0 amide bonds. The highest BCUT2D eigenvalue weighted by molar-refractivity contribution is 5.72. The second kappa shape index (κ2) is 21.8. The Bertz CT molecular complexity index is 589. The van der Waals surface area contributed by atoms with Crippen LogP contribution in [0.4, 0.5) is 0 Å². The number of hydrogen-bond acceptors (Lipinski definition) is 8. The van der Waals surface area contributed by atoms with Crippen molar-refractivity contribution >= 4 is 11.9 Å². The van der Waals surface area contributed by atoms with Gasteiger partial charge in [0, 0.05) is 12.8 Å². The molecule has 37 heavy (non-hydrogen) atoms. The summed E-state index contributed by atoms with van der Waals surface area (Å²) in [7, 11) is 0. The fourth-order valence-corrected chi connectivity index (χ4v) is 3.29.